The Bertz CT molecular complexity index is 1270. The van der Waals surface area contributed by atoms with Gasteiger partial charge in [0.15, 0.2) is 0 Å². The molecule has 4 atom stereocenters. The lowest BCUT2D eigenvalue weighted by Crippen LogP contribution is -2.64. The molecule has 0 spiro atoms. The minimum absolute atomic E-state index is 0.0680. The van der Waals surface area contributed by atoms with Gasteiger partial charge in [-0.3, -0.25) is 4.79 Å². The number of carboxylic acids is 1. The summed E-state index contributed by atoms with van der Waals surface area (Å²) >= 11 is 0. The van der Waals surface area contributed by atoms with Gasteiger partial charge >= 0.3 is 5.97 Å². The average molecular weight is 389 g/mol. The van der Waals surface area contributed by atoms with Crippen molar-refractivity contribution < 1.29 is 24.2 Å². The number of rotatable bonds is 2. The molecule has 146 valence electrons. The molecule has 1 aromatic heterocycles. The number of para-hydroxylation sites is 1. The van der Waals surface area contributed by atoms with E-state index >= 15 is 0 Å². The molecule has 3 aromatic rings. The van der Waals surface area contributed by atoms with Crippen LogP contribution >= 0.6 is 0 Å². The maximum atomic E-state index is 12.7. The molecule has 2 N–H and O–H groups in total. The number of benzene rings is 2. The van der Waals surface area contributed by atoms with Crippen LogP contribution in [-0.4, -0.2) is 39.1 Å². The summed E-state index contributed by atoms with van der Waals surface area (Å²) in [4.78, 5) is 26.2. The number of aliphatic hydroxyl groups excluding tert-OH is 1. The fourth-order valence-corrected chi connectivity index (χ4v) is 5.63. The molecule has 2 aromatic carbocycles. The maximum absolute atomic E-state index is 12.7. The molecular formula is C23H19NO5. The molecular weight excluding hydrogens is 370 g/mol. The van der Waals surface area contributed by atoms with Crippen molar-refractivity contribution in [2.24, 2.45) is 11.8 Å². The lowest BCUT2D eigenvalue weighted by molar-refractivity contribution is -0.163. The number of hydrogen-bond donors (Lipinski definition) is 2. The third-order valence-corrected chi connectivity index (χ3v) is 6.81. The Morgan fingerprint density at radius 2 is 2.00 bits per heavy atom. The minimum Gasteiger partial charge on any atom is -0.477 e. The van der Waals surface area contributed by atoms with Crippen LogP contribution < -0.4 is 0 Å². The van der Waals surface area contributed by atoms with E-state index in [9.17, 15) is 19.8 Å². The highest BCUT2D eigenvalue weighted by molar-refractivity contribution is 6.10. The Morgan fingerprint density at radius 1 is 1.21 bits per heavy atom. The molecule has 6 rings (SSSR count). The lowest BCUT2D eigenvalue weighted by atomic mass is 9.70. The first-order valence-corrected chi connectivity index (χ1v) is 9.90. The Hall–Kier alpha value is -3.12. The van der Waals surface area contributed by atoms with Crippen molar-refractivity contribution in [1.29, 1.82) is 0 Å². The van der Waals surface area contributed by atoms with Gasteiger partial charge in [-0.2, -0.15) is 0 Å². The second-order valence-electron chi connectivity index (χ2n) is 8.28. The van der Waals surface area contributed by atoms with Gasteiger partial charge in [-0.05, 0) is 54.7 Å². The number of nitrogens with zero attached hydrogens (tertiary/aromatic N) is 1. The first-order valence-electron chi connectivity index (χ1n) is 9.90. The molecule has 6 heteroatoms. The van der Waals surface area contributed by atoms with E-state index in [0.717, 1.165) is 51.5 Å². The monoisotopic (exact) mass is 389 g/mol. The predicted molar refractivity (Wildman–Crippen MR) is 106 cm³/mol. The number of carboxylic acid groups (broad SMARTS) is 1. The Labute approximate surface area is 166 Å². The number of furan rings is 1. The van der Waals surface area contributed by atoms with E-state index in [4.69, 9.17) is 4.42 Å². The summed E-state index contributed by atoms with van der Waals surface area (Å²) < 4.78 is 5.99. The lowest BCUT2D eigenvalue weighted by Gasteiger charge is -2.47. The Balaban J connectivity index is 1.61. The van der Waals surface area contributed by atoms with Gasteiger partial charge in [0.25, 0.3) is 0 Å². The molecule has 29 heavy (non-hydrogen) atoms. The van der Waals surface area contributed by atoms with E-state index < -0.39 is 18.0 Å². The SMILES string of the molecule is CC(O)C1C(=O)N2C(C(=O)O)=C3c4cc5c(cc4CCC3C12)oc1ccccc15. The van der Waals surface area contributed by atoms with Crippen LogP contribution in [0.25, 0.3) is 27.5 Å². The normalized spacial score (nSPS) is 26.3. The number of hydrogen-bond acceptors (Lipinski definition) is 4. The Morgan fingerprint density at radius 3 is 2.76 bits per heavy atom. The summed E-state index contributed by atoms with van der Waals surface area (Å²) in [6, 6.07) is 11.6. The summed E-state index contributed by atoms with van der Waals surface area (Å²) in [5.74, 6) is -1.98. The number of fused-ring (bicyclic) bond motifs is 8. The van der Waals surface area contributed by atoms with E-state index in [-0.39, 0.29) is 23.6 Å². The van der Waals surface area contributed by atoms with E-state index in [1.165, 1.54) is 4.90 Å². The van der Waals surface area contributed by atoms with Gasteiger partial charge in [0.05, 0.1) is 18.1 Å². The minimum atomic E-state index is -1.09. The quantitative estimate of drug-likeness (QED) is 0.657. The van der Waals surface area contributed by atoms with Gasteiger partial charge in [-0.25, -0.2) is 4.79 Å². The van der Waals surface area contributed by atoms with E-state index in [1.54, 1.807) is 6.92 Å². The highest BCUT2D eigenvalue weighted by atomic mass is 16.4. The molecule has 1 saturated heterocycles. The van der Waals surface area contributed by atoms with Crippen molar-refractivity contribution in [3.05, 3.63) is 53.2 Å². The van der Waals surface area contributed by atoms with Crippen LogP contribution in [0.4, 0.5) is 0 Å². The van der Waals surface area contributed by atoms with Crippen molar-refractivity contribution in [3.8, 4) is 0 Å². The topological polar surface area (TPSA) is 91.0 Å². The van der Waals surface area contributed by atoms with Crippen LogP contribution in [0.3, 0.4) is 0 Å². The molecule has 0 saturated carbocycles. The number of carbonyl (C=O) groups excluding carboxylic acids is 1. The Kier molecular flexibility index (Phi) is 3.17. The van der Waals surface area contributed by atoms with Crippen LogP contribution in [0.2, 0.25) is 0 Å². The molecule has 4 unspecified atom stereocenters. The summed E-state index contributed by atoms with van der Waals surface area (Å²) in [5.41, 5.74) is 4.34. The molecule has 1 aliphatic carbocycles. The molecule has 3 aliphatic rings. The van der Waals surface area contributed by atoms with Gasteiger partial charge in [-0.1, -0.05) is 18.2 Å². The highest BCUT2D eigenvalue weighted by Crippen LogP contribution is 2.55. The number of aryl methyl sites for hydroxylation is 1. The second-order valence-corrected chi connectivity index (χ2v) is 8.28. The number of amides is 1. The molecule has 6 nitrogen and oxygen atoms in total. The molecule has 1 fully saturated rings. The zero-order valence-electron chi connectivity index (χ0n) is 15.8. The zero-order chi connectivity index (χ0) is 20.0. The van der Waals surface area contributed by atoms with Gasteiger partial charge < -0.3 is 19.5 Å². The van der Waals surface area contributed by atoms with E-state index in [2.05, 4.69) is 0 Å². The third kappa shape index (κ3) is 1.99. The van der Waals surface area contributed by atoms with Crippen LogP contribution in [0, 0.1) is 11.8 Å². The van der Waals surface area contributed by atoms with Gasteiger partial charge in [-0.15, -0.1) is 0 Å². The predicted octanol–water partition coefficient (Wildman–Crippen LogP) is 3.17. The van der Waals surface area contributed by atoms with Gasteiger partial charge in [0.2, 0.25) is 5.91 Å². The van der Waals surface area contributed by atoms with Gasteiger partial charge in [0.1, 0.15) is 16.9 Å². The molecule has 0 bridgehead atoms. The fourth-order valence-electron chi connectivity index (χ4n) is 5.63. The summed E-state index contributed by atoms with van der Waals surface area (Å²) in [6.45, 7) is 1.61. The summed E-state index contributed by atoms with van der Waals surface area (Å²) in [7, 11) is 0. The maximum Gasteiger partial charge on any atom is 0.352 e. The van der Waals surface area contributed by atoms with Crippen LogP contribution in [0.5, 0.6) is 0 Å². The zero-order valence-corrected chi connectivity index (χ0v) is 15.8. The van der Waals surface area contributed by atoms with Crippen LogP contribution in [0.1, 0.15) is 24.5 Å². The number of carbonyl (C=O) groups is 2. The highest BCUT2D eigenvalue weighted by Gasteiger charge is 2.61. The third-order valence-electron chi connectivity index (χ3n) is 6.81. The van der Waals surface area contributed by atoms with E-state index in [0.29, 0.717) is 0 Å². The average Bonchev–Trinajstić information content (AvgIpc) is 3.19. The number of aliphatic carboxylic acids is 1. The summed E-state index contributed by atoms with van der Waals surface area (Å²) in [5, 5.41) is 22.0. The second kappa shape index (κ2) is 5.48. The van der Waals surface area contributed by atoms with Crippen LogP contribution in [-0.2, 0) is 16.0 Å². The standard InChI is InChI=1S/C23H19NO5/c1-10(25)18-20-13-7-6-11-8-17-15(12-4-2-3-5-16(12)29-17)9-14(11)19(13)21(23(27)28)24(20)22(18)26/h2-5,8-10,13,18,20,25H,6-7H2,1H3,(H,27,28). The number of aliphatic hydroxyl groups is 1. The fraction of sp³-hybridized carbons (Fsp3) is 0.304. The van der Waals surface area contributed by atoms with Gasteiger partial charge in [0, 0.05) is 16.7 Å². The first kappa shape index (κ1) is 16.8. The van der Waals surface area contributed by atoms with E-state index in [1.807, 2.05) is 36.4 Å². The van der Waals surface area contributed by atoms with Crippen molar-refractivity contribution in [2.75, 3.05) is 0 Å². The first-order chi connectivity index (χ1) is 14.0. The van der Waals surface area contributed by atoms with Crippen molar-refractivity contribution >= 4 is 39.4 Å². The molecule has 1 amide bonds. The van der Waals surface area contributed by atoms with Crippen molar-refractivity contribution in [1.82, 2.24) is 4.90 Å². The summed E-state index contributed by atoms with van der Waals surface area (Å²) in [6.07, 6.45) is 0.747. The smallest absolute Gasteiger partial charge is 0.352 e. The largest absolute Gasteiger partial charge is 0.477 e. The molecule has 0 radical (unpaired) electrons. The molecule has 2 aliphatic heterocycles. The number of β-lactam (4-membered cyclic amide) rings is 1. The van der Waals surface area contributed by atoms with Crippen molar-refractivity contribution in [3.63, 3.8) is 0 Å². The van der Waals surface area contributed by atoms with Crippen molar-refractivity contribution in [2.45, 2.75) is 31.9 Å². The van der Waals surface area contributed by atoms with Crippen LogP contribution in [0.15, 0.2) is 46.5 Å². The molecule has 3 heterocycles.